The molecule has 20 heavy (non-hydrogen) atoms. The number of nitrogens with zero attached hydrogens (tertiary/aromatic N) is 3. The lowest BCUT2D eigenvalue weighted by atomic mass is 10.1. The molecule has 3 heterocycles. The summed E-state index contributed by atoms with van der Waals surface area (Å²) >= 11 is 0. The summed E-state index contributed by atoms with van der Waals surface area (Å²) in [5, 5.41) is 6.73. The van der Waals surface area contributed by atoms with Crippen molar-refractivity contribution in [2.24, 2.45) is 0 Å². The van der Waals surface area contributed by atoms with E-state index in [1.54, 1.807) is 6.20 Å². The van der Waals surface area contributed by atoms with Gasteiger partial charge in [0.2, 0.25) is 0 Å². The maximum atomic E-state index is 6.02. The van der Waals surface area contributed by atoms with Crippen LogP contribution in [0.15, 0.2) is 36.7 Å². The fourth-order valence-electron chi connectivity index (χ4n) is 2.75. The number of nitrogens with two attached hydrogens (primary N) is 1. The normalized spacial score (nSPS) is 14.4. The molecular formula is C15H14N4O. The van der Waals surface area contributed by atoms with Gasteiger partial charge >= 0.3 is 0 Å². The second-order valence-corrected chi connectivity index (χ2v) is 4.90. The van der Waals surface area contributed by atoms with Crippen LogP contribution >= 0.6 is 0 Å². The van der Waals surface area contributed by atoms with Gasteiger partial charge in [-0.3, -0.25) is 4.98 Å². The van der Waals surface area contributed by atoms with Gasteiger partial charge in [-0.2, -0.15) is 5.10 Å². The van der Waals surface area contributed by atoms with E-state index in [9.17, 15) is 0 Å². The van der Waals surface area contributed by atoms with E-state index in [2.05, 4.69) is 16.1 Å². The number of anilines is 1. The Labute approximate surface area is 116 Å². The van der Waals surface area contributed by atoms with Gasteiger partial charge in [0.25, 0.3) is 0 Å². The molecule has 3 aromatic rings. The molecule has 2 aromatic heterocycles. The Kier molecular flexibility index (Phi) is 2.47. The topological polar surface area (TPSA) is 66.0 Å². The molecule has 5 heteroatoms. The van der Waals surface area contributed by atoms with Crippen LogP contribution in [0.1, 0.15) is 11.3 Å². The minimum atomic E-state index is 0.549. The Morgan fingerprint density at radius 1 is 1.25 bits per heavy atom. The van der Waals surface area contributed by atoms with Gasteiger partial charge in [-0.05, 0) is 12.1 Å². The predicted molar refractivity (Wildman–Crippen MR) is 76.6 cm³/mol. The third-order valence-corrected chi connectivity index (χ3v) is 3.74. The smallest absolute Gasteiger partial charge is 0.151 e. The van der Waals surface area contributed by atoms with Crippen LogP contribution in [0.25, 0.3) is 16.5 Å². The molecular weight excluding hydrogens is 252 g/mol. The van der Waals surface area contributed by atoms with Crippen molar-refractivity contribution in [1.82, 2.24) is 14.8 Å². The van der Waals surface area contributed by atoms with Crippen molar-refractivity contribution in [3.63, 3.8) is 0 Å². The summed E-state index contributed by atoms with van der Waals surface area (Å²) in [6.07, 6.45) is 4.50. The van der Waals surface area contributed by atoms with Crippen molar-refractivity contribution in [1.29, 1.82) is 0 Å². The Balaban J connectivity index is 2.00. The fourth-order valence-corrected chi connectivity index (χ4v) is 2.75. The zero-order chi connectivity index (χ0) is 13.5. The summed E-state index contributed by atoms with van der Waals surface area (Å²) in [4.78, 5) is 4.17. The molecule has 2 N–H and O–H groups in total. The van der Waals surface area contributed by atoms with Crippen LogP contribution in [-0.4, -0.2) is 21.4 Å². The SMILES string of the molecule is Nc1nn(-c2cccc3cnccc23)c2c1COCC2. The first kappa shape index (κ1) is 11.4. The largest absolute Gasteiger partial charge is 0.382 e. The van der Waals surface area contributed by atoms with Gasteiger partial charge in [-0.1, -0.05) is 12.1 Å². The van der Waals surface area contributed by atoms with Gasteiger partial charge < -0.3 is 10.5 Å². The molecule has 0 amide bonds. The molecule has 0 fully saturated rings. The Morgan fingerprint density at radius 3 is 3.15 bits per heavy atom. The fraction of sp³-hybridized carbons (Fsp3) is 0.200. The Bertz CT molecular complexity index is 788. The second kappa shape index (κ2) is 4.31. The first-order chi connectivity index (χ1) is 9.84. The van der Waals surface area contributed by atoms with Crippen LogP contribution in [0.4, 0.5) is 5.82 Å². The monoisotopic (exact) mass is 266 g/mol. The van der Waals surface area contributed by atoms with Gasteiger partial charge in [0.1, 0.15) is 0 Å². The quantitative estimate of drug-likeness (QED) is 0.732. The molecule has 1 aromatic carbocycles. The maximum absolute atomic E-state index is 6.02. The molecule has 0 saturated carbocycles. The number of aromatic nitrogens is 3. The average molecular weight is 266 g/mol. The summed E-state index contributed by atoms with van der Waals surface area (Å²) < 4.78 is 7.42. The summed E-state index contributed by atoms with van der Waals surface area (Å²) in [6.45, 7) is 1.26. The van der Waals surface area contributed by atoms with Crippen molar-refractivity contribution >= 4 is 16.6 Å². The van der Waals surface area contributed by atoms with E-state index < -0.39 is 0 Å². The molecule has 0 unspecified atom stereocenters. The number of fused-ring (bicyclic) bond motifs is 2. The van der Waals surface area contributed by atoms with Gasteiger partial charge in [0.05, 0.1) is 24.6 Å². The minimum absolute atomic E-state index is 0.549. The van der Waals surface area contributed by atoms with Crippen LogP contribution in [0.2, 0.25) is 0 Å². The molecule has 1 aliphatic rings. The maximum Gasteiger partial charge on any atom is 0.151 e. The van der Waals surface area contributed by atoms with E-state index in [4.69, 9.17) is 10.5 Å². The minimum Gasteiger partial charge on any atom is -0.382 e. The number of hydrogen-bond acceptors (Lipinski definition) is 4. The number of benzene rings is 1. The first-order valence-electron chi connectivity index (χ1n) is 6.62. The van der Waals surface area contributed by atoms with E-state index in [1.165, 1.54) is 0 Å². The summed E-state index contributed by atoms with van der Waals surface area (Å²) in [6, 6.07) is 8.13. The Hall–Kier alpha value is -2.40. The predicted octanol–water partition coefficient (Wildman–Crippen LogP) is 2.08. The highest BCUT2D eigenvalue weighted by atomic mass is 16.5. The third-order valence-electron chi connectivity index (χ3n) is 3.74. The van der Waals surface area contributed by atoms with Gasteiger partial charge in [-0.25, -0.2) is 4.68 Å². The van der Waals surface area contributed by atoms with Crippen LogP contribution in [0.3, 0.4) is 0 Å². The van der Waals surface area contributed by atoms with Crippen molar-refractivity contribution in [3.05, 3.63) is 47.9 Å². The molecule has 4 rings (SSSR count). The Morgan fingerprint density at radius 2 is 2.20 bits per heavy atom. The lowest BCUT2D eigenvalue weighted by Gasteiger charge is -2.15. The highest BCUT2D eigenvalue weighted by Gasteiger charge is 2.21. The van der Waals surface area contributed by atoms with Crippen LogP contribution < -0.4 is 5.73 Å². The standard InChI is InChI=1S/C15H14N4O/c16-15-12-9-20-7-5-14(12)19(18-15)13-3-1-2-10-8-17-6-4-11(10)13/h1-4,6,8H,5,7,9H2,(H2,16,18). The molecule has 0 spiro atoms. The molecule has 0 radical (unpaired) electrons. The van der Waals surface area contributed by atoms with E-state index in [1.807, 2.05) is 29.1 Å². The van der Waals surface area contributed by atoms with Crippen molar-refractivity contribution < 1.29 is 4.74 Å². The van der Waals surface area contributed by atoms with Gasteiger partial charge in [0.15, 0.2) is 5.82 Å². The summed E-state index contributed by atoms with van der Waals surface area (Å²) in [5.41, 5.74) is 9.23. The van der Waals surface area contributed by atoms with E-state index >= 15 is 0 Å². The molecule has 0 aliphatic carbocycles. The second-order valence-electron chi connectivity index (χ2n) is 4.90. The van der Waals surface area contributed by atoms with Crippen molar-refractivity contribution in [2.75, 3.05) is 12.3 Å². The highest BCUT2D eigenvalue weighted by molar-refractivity contribution is 5.89. The van der Waals surface area contributed by atoms with Crippen LogP contribution in [-0.2, 0) is 17.8 Å². The third kappa shape index (κ3) is 1.60. The average Bonchev–Trinajstić information content (AvgIpc) is 2.84. The van der Waals surface area contributed by atoms with Crippen molar-refractivity contribution in [2.45, 2.75) is 13.0 Å². The summed E-state index contributed by atoms with van der Waals surface area (Å²) in [7, 11) is 0. The molecule has 100 valence electrons. The van der Waals surface area contributed by atoms with Crippen molar-refractivity contribution in [3.8, 4) is 5.69 Å². The molecule has 0 atom stereocenters. The number of hydrogen-bond donors (Lipinski definition) is 1. The highest BCUT2D eigenvalue weighted by Crippen LogP contribution is 2.28. The van der Waals surface area contributed by atoms with E-state index in [-0.39, 0.29) is 0 Å². The number of rotatable bonds is 1. The summed E-state index contributed by atoms with van der Waals surface area (Å²) in [5.74, 6) is 0.561. The molecule has 0 saturated heterocycles. The number of pyridine rings is 1. The molecule has 1 aliphatic heterocycles. The van der Waals surface area contributed by atoms with Crippen LogP contribution in [0.5, 0.6) is 0 Å². The van der Waals surface area contributed by atoms with E-state index in [0.717, 1.165) is 34.1 Å². The molecule has 5 nitrogen and oxygen atoms in total. The van der Waals surface area contributed by atoms with Gasteiger partial charge in [0, 0.05) is 35.2 Å². The van der Waals surface area contributed by atoms with Crippen LogP contribution in [0, 0.1) is 0 Å². The molecule has 0 bridgehead atoms. The zero-order valence-electron chi connectivity index (χ0n) is 10.9. The first-order valence-corrected chi connectivity index (χ1v) is 6.62. The number of ether oxygens (including phenoxy) is 1. The zero-order valence-corrected chi connectivity index (χ0v) is 10.9. The van der Waals surface area contributed by atoms with Gasteiger partial charge in [-0.15, -0.1) is 0 Å². The lowest BCUT2D eigenvalue weighted by molar-refractivity contribution is 0.110. The lowest BCUT2D eigenvalue weighted by Crippen LogP contribution is -2.13. The van der Waals surface area contributed by atoms with E-state index in [0.29, 0.717) is 19.0 Å². The number of nitrogen functional groups attached to an aromatic ring is 1.